The van der Waals surface area contributed by atoms with Crippen molar-refractivity contribution in [3.63, 3.8) is 0 Å². The quantitative estimate of drug-likeness (QED) is 0.0533. The van der Waals surface area contributed by atoms with Crippen molar-refractivity contribution < 1.29 is 0 Å². The summed E-state index contributed by atoms with van der Waals surface area (Å²) in [7, 11) is 0. The van der Waals surface area contributed by atoms with Gasteiger partial charge in [-0.2, -0.15) is 0 Å². The zero-order valence-corrected chi connectivity index (χ0v) is 52.5. The van der Waals surface area contributed by atoms with E-state index in [1.54, 1.807) is 32.1 Å². The highest BCUT2D eigenvalue weighted by Crippen LogP contribution is 2.71. The van der Waals surface area contributed by atoms with Crippen molar-refractivity contribution in [2.45, 2.75) is 429 Å². The van der Waals surface area contributed by atoms with Crippen molar-refractivity contribution in [3.8, 4) is 0 Å². The van der Waals surface area contributed by atoms with E-state index >= 15 is 0 Å². The molecule has 0 nitrogen and oxygen atoms in total. The molecule has 0 rings (SSSR count). The molecule has 4 atom stereocenters. The molecule has 0 aliphatic rings. The van der Waals surface area contributed by atoms with Gasteiger partial charge in [-0.05, 0) is 78.9 Å². The predicted octanol–water partition coefficient (Wildman–Crippen LogP) is 27.2. The first kappa shape index (κ1) is 71.0. The smallest absolute Gasteiger partial charge is 0.0182 e. The Morgan fingerprint density at radius 3 is 0.746 bits per heavy atom. The normalized spacial score (nSPS) is 15.3. The van der Waals surface area contributed by atoms with Crippen LogP contribution in [0.4, 0.5) is 0 Å². The van der Waals surface area contributed by atoms with Gasteiger partial charge in [-0.3, -0.25) is 0 Å². The average molecular weight is 998 g/mol. The first-order valence-electron chi connectivity index (χ1n) is 34.6. The van der Waals surface area contributed by atoms with E-state index in [4.69, 9.17) is 0 Å². The minimum Gasteiger partial charge on any atom is -0.0654 e. The van der Waals surface area contributed by atoms with E-state index in [0.29, 0.717) is 21.7 Å². The van der Waals surface area contributed by atoms with Gasteiger partial charge < -0.3 is 0 Å². The maximum Gasteiger partial charge on any atom is -0.0182 e. The summed E-state index contributed by atoms with van der Waals surface area (Å²) in [4.78, 5) is 0. The lowest BCUT2D eigenvalue weighted by molar-refractivity contribution is -0.175. The summed E-state index contributed by atoms with van der Waals surface area (Å²) in [5.74, 6) is 0.866. The second kappa shape index (κ2) is 49.6. The molecule has 0 spiro atoms. The molecule has 428 valence electrons. The van der Waals surface area contributed by atoms with E-state index in [1.807, 2.05) is 0 Å². The van der Waals surface area contributed by atoms with Gasteiger partial charge in [0.15, 0.2) is 0 Å². The molecular formula is C71H144. The number of rotatable bonds is 58. The van der Waals surface area contributed by atoms with Crippen molar-refractivity contribution in [3.05, 3.63) is 0 Å². The summed E-state index contributed by atoms with van der Waals surface area (Å²) in [6.45, 7) is 27.7. The summed E-state index contributed by atoms with van der Waals surface area (Å²) in [5.41, 5.74) is 1.61. The van der Waals surface area contributed by atoms with Gasteiger partial charge in [0.1, 0.15) is 0 Å². The fourth-order valence-electron chi connectivity index (χ4n) is 15.1. The molecule has 0 aromatic rings. The SMILES string of the molecule is CCCCCCCCCCCC(CCCCCCCCC)(CCCCCCCCCC)C(CCCCCCC)(CCCCCCCC)C(CCCCCC)(CC(C)(C)C)C(CCC)CCCCCCCC. The second-order valence-electron chi connectivity index (χ2n) is 26.5. The van der Waals surface area contributed by atoms with Gasteiger partial charge in [0.2, 0.25) is 0 Å². The van der Waals surface area contributed by atoms with Crippen LogP contribution in [0, 0.1) is 27.6 Å². The molecule has 0 fully saturated rings. The van der Waals surface area contributed by atoms with Crippen LogP contribution in [0.2, 0.25) is 0 Å². The third-order valence-corrected chi connectivity index (χ3v) is 18.8. The third-order valence-electron chi connectivity index (χ3n) is 18.8. The van der Waals surface area contributed by atoms with Gasteiger partial charge in [0, 0.05) is 0 Å². The van der Waals surface area contributed by atoms with Crippen molar-refractivity contribution in [2.75, 3.05) is 0 Å². The van der Waals surface area contributed by atoms with Crippen LogP contribution in [0.1, 0.15) is 429 Å². The Morgan fingerprint density at radius 1 is 0.225 bits per heavy atom. The fourth-order valence-corrected chi connectivity index (χ4v) is 15.1. The molecule has 0 aliphatic heterocycles. The van der Waals surface area contributed by atoms with Crippen LogP contribution in [0.5, 0.6) is 0 Å². The minimum absolute atomic E-state index is 0.327. The highest BCUT2D eigenvalue weighted by Gasteiger charge is 2.62. The molecule has 0 aliphatic carbocycles. The van der Waals surface area contributed by atoms with Crippen LogP contribution in [0.3, 0.4) is 0 Å². The minimum atomic E-state index is 0.327. The van der Waals surface area contributed by atoms with Gasteiger partial charge in [0.25, 0.3) is 0 Å². The number of hydrogen-bond donors (Lipinski definition) is 0. The van der Waals surface area contributed by atoms with E-state index in [1.165, 1.54) is 321 Å². The lowest BCUT2D eigenvalue weighted by atomic mass is 9.38. The van der Waals surface area contributed by atoms with Crippen molar-refractivity contribution >= 4 is 0 Å². The third kappa shape index (κ3) is 33.7. The van der Waals surface area contributed by atoms with E-state index in [0.717, 1.165) is 5.92 Å². The Hall–Kier alpha value is 0. The molecular weight excluding hydrogens is 853 g/mol. The van der Waals surface area contributed by atoms with Gasteiger partial charge in [-0.15, -0.1) is 0 Å². The molecule has 4 unspecified atom stereocenters. The zero-order chi connectivity index (χ0) is 52.5. The summed E-state index contributed by atoms with van der Waals surface area (Å²) < 4.78 is 0. The van der Waals surface area contributed by atoms with Gasteiger partial charge in [0.05, 0.1) is 0 Å². The van der Waals surface area contributed by atoms with Gasteiger partial charge in [-0.1, -0.05) is 378 Å². The predicted molar refractivity (Wildman–Crippen MR) is 330 cm³/mol. The second-order valence-corrected chi connectivity index (χ2v) is 26.5. The molecule has 0 saturated carbocycles. The maximum absolute atomic E-state index is 2.73. The molecule has 0 amide bonds. The molecule has 0 aromatic carbocycles. The molecule has 0 aromatic heterocycles. The highest BCUT2D eigenvalue weighted by molar-refractivity contribution is 5.11. The fraction of sp³-hybridized carbons (Fsp3) is 1.00. The van der Waals surface area contributed by atoms with E-state index in [9.17, 15) is 0 Å². The summed E-state index contributed by atoms with van der Waals surface area (Å²) in [6, 6.07) is 0. The van der Waals surface area contributed by atoms with Crippen molar-refractivity contribution in [2.24, 2.45) is 27.6 Å². The largest absolute Gasteiger partial charge is 0.0654 e. The van der Waals surface area contributed by atoms with Crippen LogP contribution in [-0.4, -0.2) is 0 Å². The molecule has 0 heteroatoms. The molecule has 0 bridgehead atoms. The van der Waals surface area contributed by atoms with Crippen LogP contribution in [0.25, 0.3) is 0 Å². The lowest BCUT2D eigenvalue weighted by Gasteiger charge is -2.67. The maximum atomic E-state index is 2.73. The van der Waals surface area contributed by atoms with Crippen molar-refractivity contribution in [1.82, 2.24) is 0 Å². The van der Waals surface area contributed by atoms with Gasteiger partial charge in [-0.25, -0.2) is 0 Å². The topological polar surface area (TPSA) is 0 Å². The Bertz CT molecular complexity index is 1030. The first-order chi connectivity index (χ1) is 34.6. The molecule has 0 heterocycles. The summed E-state index contributed by atoms with van der Waals surface area (Å²) in [6.07, 6.45) is 80.6. The van der Waals surface area contributed by atoms with Crippen LogP contribution >= 0.6 is 0 Å². The van der Waals surface area contributed by atoms with E-state index in [-0.39, 0.29) is 0 Å². The molecule has 0 saturated heterocycles. The Balaban J connectivity index is 8.49. The summed E-state index contributed by atoms with van der Waals surface area (Å²) in [5, 5.41) is 0. The first-order valence-corrected chi connectivity index (χ1v) is 34.6. The monoisotopic (exact) mass is 997 g/mol. The molecule has 71 heavy (non-hydrogen) atoms. The Kier molecular flexibility index (Phi) is 49.6. The summed E-state index contributed by atoms with van der Waals surface area (Å²) >= 11 is 0. The van der Waals surface area contributed by atoms with Gasteiger partial charge >= 0.3 is 0 Å². The Morgan fingerprint density at radius 2 is 0.465 bits per heavy atom. The zero-order valence-electron chi connectivity index (χ0n) is 52.5. The van der Waals surface area contributed by atoms with Crippen molar-refractivity contribution in [1.29, 1.82) is 0 Å². The number of hydrogen-bond acceptors (Lipinski definition) is 0. The van der Waals surface area contributed by atoms with E-state index in [2.05, 4.69) is 76.2 Å². The lowest BCUT2D eigenvalue weighted by Crippen LogP contribution is -2.58. The highest BCUT2D eigenvalue weighted by atomic mass is 14.7. The molecule has 0 radical (unpaired) electrons. The number of unbranched alkanes of at least 4 members (excludes halogenated alkanes) is 38. The Labute approximate surface area is 454 Å². The van der Waals surface area contributed by atoms with E-state index < -0.39 is 0 Å². The average Bonchev–Trinajstić information content (AvgIpc) is 3.35. The van der Waals surface area contributed by atoms with Crippen LogP contribution < -0.4 is 0 Å². The standard InChI is InChI=1S/C71H144/c1-12-20-27-34-39-41-44-49-54-62-69(60-52-47-42-36-29-22-14-3,61-53-48-43-40-35-28-21-13-2)71(64-56-46-32-25-17-6,65-57-50-38-31-24-16-5)70(66-68(9,10)11,63-55-33-26-18-7)67(58-19-8)59-51-45-37-30-23-15-4/h67H,12-66H2,1-11H3. The van der Waals surface area contributed by atoms with Crippen LogP contribution in [-0.2, 0) is 0 Å². The van der Waals surface area contributed by atoms with Crippen LogP contribution in [0.15, 0.2) is 0 Å². The molecule has 0 N–H and O–H groups in total.